The zero-order chi connectivity index (χ0) is 11.8. The molecule has 0 radical (unpaired) electrons. The molecule has 0 aromatic heterocycles. The van der Waals surface area contributed by atoms with Gasteiger partial charge in [-0.15, -0.1) is 0 Å². The second-order valence-electron chi connectivity index (χ2n) is 4.11. The number of halogens is 1. The molecule has 1 heterocycles. The summed E-state index contributed by atoms with van der Waals surface area (Å²) in [5.41, 5.74) is 9.10. The molecule has 3 rings (SSSR count). The average molecular weight is 227 g/mol. The number of hydrogen-bond acceptors (Lipinski definition) is 1. The van der Waals surface area contributed by atoms with Gasteiger partial charge >= 0.3 is 0 Å². The molecule has 2 nitrogen and oxygen atoms in total. The Kier molecular flexibility index (Phi) is 2.18. The molecule has 0 unspecified atom stereocenters. The van der Waals surface area contributed by atoms with Crippen LogP contribution in [0.1, 0.15) is 11.1 Å². The largest absolute Gasteiger partial charge is 0.286 e. The third-order valence-corrected chi connectivity index (χ3v) is 3.03. The molecule has 0 aliphatic carbocycles. The highest BCUT2D eigenvalue weighted by Crippen LogP contribution is 2.23. The fraction of sp³-hybridized carbons (Fsp3) is 0.0714. The van der Waals surface area contributed by atoms with E-state index < -0.39 is 0 Å². The highest BCUT2D eigenvalue weighted by atomic mass is 19.1. The maximum absolute atomic E-state index is 13.2. The van der Waals surface area contributed by atoms with Crippen molar-refractivity contribution in [1.82, 2.24) is 0 Å². The van der Waals surface area contributed by atoms with Crippen LogP contribution in [0, 0.1) is 5.82 Å². The summed E-state index contributed by atoms with van der Waals surface area (Å²) < 4.78 is 15.1. The smallest absolute Gasteiger partial charge is 0.280 e. The summed E-state index contributed by atoms with van der Waals surface area (Å²) in [4.78, 5) is 0. The van der Waals surface area contributed by atoms with Gasteiger partial charge in [-0.05, 0) is 18.2 Å². The zero-order valence-corrected chi connectivity index (χ0v) is 9.23. The van der Waals surface area contributed by atoms with Crippen molar-refractivity contribution in [2.45, 2.75) is 6.54 Å². The average Bonchev–Trinajstić information content (AvgIpc) is 2.68. The molecule has 0 atom stereocenters. The van der Waals surface area contributed by atoms with E-state index in [4.69, 9.17) is 5.73 Å². The van der Waals surface area contributed by atoms with Gasteiger partial charge in [0.25, 0.3) is 5.84 Å². The second-order valence-corrected chi connectivity index (χ2v) is 4.11. The van der Waals surface area contributed by atoms with Gasteiger partial charge in [-0.1, -0.05) is 24.3 Å². The van der Waals surface area contributed by atoms with Crippen molar-refractivity contribution in [2.75, 3.05) is 0 Å². The lowest BCUT2D eigenvalue weighted by Gasteiger charge is -2.02. The third-order valence-electron chi connectivity index (χ3n) is 3.03. The number of fused-ring (bicyclic) bond motifs is 1. The Morgan fingerprint density at radius 1 is 1.06 bits per heavy atom. The summed E-state index contributed by atoms with van der Waals surface area (Å²) in [7, 11) is 0. The van der Waals surface area contributed by atoms with Gasteiger partial charge in [-0.25, -0.2) is 8.97 Å². The molecule has 1 aliphatic rings. The van der Waals surface area contributed by atoms with Crippen LogP contribution in [0.3, 0.4) is 0 Å². The molecule has 0 amide bonds. The van der Waals surface area contributed by atoms with Crippen LogP contribution in [0.15, 0.2) is 48.5 Å². The molecule has 3 heteroatoms. The fourth-order valence-corrected chi connectivity index (χ4v) is 2.18. The molecule has 0 fully saturated rings. The topological polar surface area (TPSA) is 29.0 Å². The van der Waals surface area contributed by atoms with Gasteiger partial charge in [0, 0.05) is 11.6 Å². The van der Waals surface area contributed by atoms with Gasteiger partial charge in [0.05, 0.1) is 5.56 Å². The van der Waals surface area contributed by atoms with Crippen molar-refractivity contribution in [1.29, 1.82) is 0 Å². The minimum absolute atomic E-state index is 0.244. The predicted octanol–water partition coefficient (Wildman–Crippen LogP) is 2.39. The summed E-state index contributed by atoms with van der Waals surface area (Å²) in [6.45, 7) is 0.700. The van der Waals surface area contributed by atoms with Crippen LogP contribution in [-0.4, -0.2) is 10.4 Å². The molecule has 0 bridgehead atoms. The first-order chi connectivity index (χ1) is 8.25. The molecule has 0 saturated heterocycles. The quantitative estimate of drug-likeness (QED) is 0.745. The highest BCUT2D eigenvalue weighted by molar-refractivity contribution is 5.97. The molecule has 17 heavy (non-hydrogen) atoms. The summed E-state index contributed by atoms with van der Waals surface area (Å²) in [6, 6.07) is 14.5. The number of nitrogens with zero attached hydrogens (tertiary/aromatic N) is 1. The monoisotopic (exact) mass is 227 g/mol. The van der Waals surface area contributed by atoms with Gasteiger partial charge in [-0.3, -0.25) is 5.73 Å². The van der Waals surface area contributed by atoms with Crippen molar-refractivity contribution in [3.05, 3.63) is 65.5 Å². The number of nitrogens with two attached hydrogens (primary N) is 1. The first-order valence-corrected chi connectivity index (χ1v) is 5.49. The van der Waals surface area contributed by atoms with Crippen molar-refractivity contribution >= 4 is 11.5 Å². The SMILES string of the molecule is NC1=[N+](c2cccc(F)c2)Cc2ccccc21. The van der Waals surface area contributed by atoms with Gasteiger partial charge in [0.15, 0.2) is 0 Å². The maximum atomic E-state index is 13.2. The van der Waals surface area contributed by atoms with Gasteiger partial charge in [0.2, 0.25) is 0 Å². The molecule has 0 saturated carbocycles. The van der Waals surface area contributed by atoms with E-state index in [-0.39, 0.29) is 5.82 Å². The molecular weight excluding hydrogens is 215 g/mol. The van der Waals surface area contributed by atoms with Crippen LogP contribution >= 0.6 is 0 Å². The Bertz CT molecular complexity index is 617. The molecule has 2 N–H and O–H groups in total. The lowest BCUT2D eigenvalue weighted by molar-refractivity contribution is -0.453. The maximum Gasteiger partial charge on any atom is 0.280 e. The standard InChI is InChI=1S/C14H11FN2/c15-11-5-3-6-12(8-11)17-9-10-4-1-2-7-13(10)14(17)16/h1-8,16H,9H2/p+1. The van der Waals surface area contributed by atoms with E-state index in [2.05, 4.69) is 0 Å². The lowest BCUT2D eigenvalue weighted by Crippen LogP contribution is -2.20. The van der Waals surface area contributed by atoms with E-state index in [1.165, 1.54) is 17.7 Å². The van der Waals surface area contributed by atoms with Crippen molar-refractivity contribution < 1.29 is 8.97 Å². The van der Waals surface area contributed by atoms with Gasteiger partial charge < -0.3 is 0 Å². The Balaban J connectivity index is 2.11. The number of hydrogen-bond donors (Lipinski definition) is 1. The van der Waals surface area contributed by atoms with Crippen molar-refractivity contribution in [3.63, 3.8) is 0 Å². The summed E-state index contributed by atoms with van der Waals surface area (Å²) in [6.07, 6.45) is 0. The normalized spacial score (nSPS) is 13.9. The van der Waals surface area contributed by atoms with Crippen molar-refractivity contribution in [2.24, 2.45) is 5.73 Å². The molecule has 2 aromatic carbocycles. The Morgan fingerprint density at radius 3 is 2.65 bits per heavy atom. The number of rotatable bonds is 1. The van der Waals surface area contributed by atoms with Crippen LogP contribution in [0.5, 0.6) is 0 Å². The van der Waals surface area contributed by atoms with Gasteiger partial charge in [0.1, 0.15) is 18.0 Å². The number of amidine groups is 1. The van der Waals surface area contributed by atoms with Crippen LogP contribution in [-0.2, 0) is 6.54 Å². The van der Waals surface area contributed by atoms with Crippen LogP contribution in [0.4, 0.5) is 10.1 Å². The zero-order valence-electron chi connectivity index (χ0n) is 9.23. The van der Waals surface area contributed by atoms with E-state index in [0.29, 0.717) is 12.4 Å². The van der Waals surface area contributed by atoms with E-state index in [1.54, 1.807) is 6.07 Å². The Hall–Kier alpha value is -2.16. The summed E-state index contributed by atoms with van der Waals surface area (Å²) in [5.74, 6) is 0.442. The second kappa shape index (κ2) is 3.70. The number of benzene rings is 2. The molecule has 2 aromatic rings. The van der Waals surface area contributed by atoms with Crippen LogP contribution in [0.2, 0.25) is 0 Å². The van der Waals surface area contributed by atoms with Gasteiger partial charge in [-0.2, -0.15) is 0 Å². The molecule has 1 aliphatic heterocycles. The minimum Gasteiger partial charge on any atom is -0.286 e. The fourth-order valence-electron chi connectivity index (χ4n) is 2.18. The molecular formula is C14H12FN2+. The van der Waals surface area contributed by atoms with E-state index in [1.807, 2.05) is 34.9 Å². The van der Waals surface area contributed by atoms with Crippen molar-refractivity contribution in [3.8, 4) is 0 Å². The molecule has 84 valence electrons. The van der Waals surface area contributed by atoms with E-state index in [9.17, 15) is 4.39 Å². The van der Waals surface area contributed by atoms with Crippen LogP contribution < -0.4 is 5.73 Å². The van der Waals surface area contributed by atoms with E-state index in [0.717, 1.165) is 11.3 Å². The minimum atomic E-state index is -0.244. The predicted molar refractivity (Wildman–Crippen MR) is 64.8 cm³/mol. The molecule has 0 spiro atoms. The summed E-state index contributed by atoms with van der Waals surface area (Å²) in [5, 5.41) is 0. The Labute approximate surface area is 98.8 Å². The highest BCUT2D eigenvalue weighted by Gasteiger charge is 2.25. The third kappa shape index (κ3) is 1.60. The summed E-state index contributed by atoms with van der Waals surface area (Å²) >= 11 is 0. The van der Waals surface area contributed by atoms with E-state index >= 15 is 0 Å². The van der Waals surface area contributed by atoms with Crippen LogP contribution in [0.25, 0.3) is 0 Å². The lowest BCUT2D eigenvalue weighted by atomic mass is 10.1. The Morgan fingerprint density at radius 2 is 1.88 bits per heavy atom. The first-order valence-electron chi connectivity index (χ1n) is 5.49. The first kappa shape index (κ1) is 10.0.